The molecular formula is C11H11N5O2. The Morgan fingerprint density at radius 2 is 2.33 bits per heavy atom. The molecule has 0 fully saturated rings. The van der Waals surface area contributed by atoms with Crippen LogP contribution in [0, 0.1) is 6.92 Å². The van der Waals surface area contributed by atoms with E-state index in [4.69, 9.17) is 4.74 Å². The van der Waals surface area contributed by atoms with Crippen LogP contribution in [0.3, 0.4) is 0 Å². The van der Waals surface area contributed by atoms with Crippen LogP contribution in [0.25, 0.3) is 5.95 Å². The van der Waals surface area contributed by atoms with E-state index >= 15 is 0 Å². The summed E-state index contributed by atoms with van der Waals surface area (Å²) in [5.74, 6) is 0.498. The van der Waals surface area contributed by atoms with Crippen molar-refractivity contribution in [1.82, 2.24) is 19.7 Å². The van der Waals surface area contributed by atoms with Crippen LogP contribution in [0.2, 0.25) is 0 Å². The Morgan fingerprint density at radius 3 is 3.11 bits per heavy atom. The van der Waals surface area contributed by atoms with E-state index in [0.29, 0.717) is 30.5 Å². The van der Waals surface area contributed by atoms with Gasteiger partial charge >= 0.3 is 5.97 Å². The zero-order valence-electron chi connectivity index (χ0n) is 9.75. The van der Waals surface area contributed by atoms with Gasteiger partial charge in [-0.25, -0.2) is 14.5 Å². The number of nitrogens with zero attached hydrogens (tertiary/aromatic N) is 4. The van der Waals surface area contributed by atoms with Gasteiger partial charge in [0.1, 0.15) is 18.0 Å². The molecule has 2 aromatic heterocycles. The number of anilines is 1. The number of carbonyl (C=O) groups is 1. The molecule has 0 atom stereocenters. The van der Waals surface area contributed by atoms with Gasteiger partial charge in [-0.15, -0.1) is 0 Å². The Kier molecular flexibility index (Phi) is 2.44. The van der Waals surface area contributed by atoms with E-state index in [9.17, 15) is 4.79 Å². The van der Waals surface area contributed by atoms with Crippen molar-refractivity contribution in [3.63, 3.8) is 0 Å². The molecule has 0 aromatic carbocycles. The summed E-state index contributed by atoms with van der Waals surface area (Å²) in [4.78, 5) is 20.0. The highest BCUT2D eigenvalue weighted by atomic mass is 16.5. The maximum atomic E-state index is 11.6. The Balaban J connectivity index is 2.05. The third-order valence-corrected chi connectivity index (χ3v) is 2.54. The lowest BCUT2D eigenvalue weighted by atomic mass is 10.3. The molecule has 3 rings (SSSR count). The van der Waals surface area contributed by atoms with Gasteiger partial charge in [-0.1, -0.05) is 0 Å². The Morgan fingerprint density at radius 1 is 1.44 bits per heavy atom. The number of fused-ring (bicyclic) bond motifs is 1. The third-order valence-electron chi connectivity index (χ3n) is 2.54. The molecule has 0 amide bonds. The minimum atomic E-state index is -0.404. The average Bonchev–Trinajstić information content (AvgIpc) is 2.72. The van der Waals surface area contributed by atoms with E-state index in [-0.39, 0.29) is 0 Å². The Bertz CT molecular complexity index is 607. The van der Waals surface area contributed by atoms with E-state index in [0.717, 1.165) is 5.56 Å². The van der Waals surface area contributed by atoms with E-state index in [1.165, 1.54) is 6.20 Å². The highest BCUT2D eigenvalue weighted by Crippen LogP contribution is 2.16. The molecule has 7 nitrogen and oxygen atoms in total. The number of hydrogen-bond donors (Lipinski definition) is 1. The highest BCUT2D eigenvalue weighted by molar-refractivity contribution is 5.94. The molecule has 0 saturated heterocycles. The van der Waals surface area contributed by atoms with Gasteiger partial charge in [-0.3, -0.25) is 0 Å². The largest absolute Gasteiger partial charge is 0.460 e. The van der Waals surface area contributed by atoms with E-state index < -0.39 is 5.97 Å². The van der Waals surface area contributed by atoms with Gasteiger partial charge < -0.3 is 10.1 Å². The number of aryl methyl sites for hydroxylation is 1. The standard InChI is InChI=1S/C11H11N5O2/c1-7-4-14-16(6-7)11-13-5-8-9(15-11)12-2-3-18-10(8)17/h4-6H,2-3H2,1H3,(H,12,13,15). The van der Waals surface area contributed by atoms with E-state index in [1.807, 2.05) is 13.1 Å². The molecule has 1 aliphatic heterocycles. The molecule has 0 bridgehead atoms. The van der Waals surface area contributed by atoms with Crippen molar-refractivity contribution in [2.75, 3.05) is 18.5 Å². The van der Waals surface area contributed by atoms with Crippen LogP contribution in [0.15, 0.2) is 18.6 Å². The quantitative estimate of drug-likeness (QED) is 0.739. The van der Waals surface area contributed by atoms with Crippen molar-refractivity contribution in [2.45, 2.75) is 6.92 Å². The molecule has 3 heterocycles. The molecule has 0 unspecified atom stereocenters. The van der Waals surface area contributed by atoms with Crippen LogP contribution in [0.5, 0.6) is 0 Å². The predicted molar refractivity (Wildman–Crippen MR) is 62.7 cm³/mol. The minimum absolute atomic E-state index is 0.325. The summed E-state index contributed by atoms with van der Waals surface area (Å²) >= 11 is 0. The first-order valence-electron chi connectivity index (χ1n) is 5.54. The molecule has 0 saturated carbocycles. The Labute approximate surface area is 103 Å². The van der Waals surface area contributed by atoms with Crippen molar-refractivity contribution >= 4 is 11.8 Å². The van der Waals surface area contributed by atoms with Crippen LogP contribution in [0.4, 0.5) is 5.82 Å². The van der Waals surface area contributed by atoms with Crippen LogP contribution in [0.1, 0.15) is 15.9 Å². The Hall–Kier alpha value is -2.44. The van der Waals surface area contributed by atoms with Crippen LogP contribution in [-0.2, 0) is 4.74 Å². The summed E-state index contributed by atoms with van der Waals surface area (Å²) in [6, 6.07) is 0. The number of hydrogen-bond acceptors (Lipinski definition) is 6. The maximum Gasteiger partial charge on any atom is 0.343 e. The number of cyclic esters (lactones) is 1. The zero-order chi connectivity index (χ0) is 12.5. The predicted octanol–water partition coefficient (Wildman–Crippen LogP) is 0.553. The summed E-state index contributed by atoms with van der Waals surface area (Å²) in [5, 5.41) is 7.16. The normalized spacial score (nSPS) is 14.4. The van der Waals surface area contributed by atoms with Gasteiger partial charge in [-0.05, 0) is 12.5 Å². The van der Waals surface area contributed by atoms with Crippen molar-refractivity contribution in [1.29, 1.82) is 0 Å². The van der Waals surface area contributed by atoms with Crippen LogP contribution >= 0.6 is 0 Å². The minimum Gasteiger partial charge on any atom is -0.460 e. The topological polar surface area (TPSA) is 81.9 Å². The summed E-state index contributed by atoms with van der Waals surface area (Å²) in [6.07, 6.45) is 4.99. The van der Waals surface area contributed by atoms with Crippen LogP contribution < -0.4 is 5.32 Å². The molecule has 18 heavy (non-hydrogen) atoms. The smallest absolute Gasteiger partial charge is 0.343 e. The van der Waals surface area contributed by atoms with Crippen molar-refractivity contribution in [3.8, 4) is 5.95 Å². The lowest BCUT2D eigenvalue weighted by Crippen LogP contribution is -2.09. The second kappa shape index (κ2) is 4.10. The SMILES string of the molecule is Cc1cnn(-c2ncc3c(n2)NCCOC3=O)c1. The lowest BCUT2D eigenvalue weighted by Gasteiger charge is -2.05. The molecule has 0 aliphatic carbocycles. The number of carbonyl (C=O) groups excluding carboxylic acids is 1. The first-order valence-corrected chi connectivity index (χ1v) is 5.54. The van der Waals surface area contributed by atoms with Gasteiger partial charge in [0.25, 0.3) is 5.95 Å². The number of rotatable bonds is 1. The molecule has 7 heteroatoms. The number of esters is 1. The van der Waals surface area contributed by atoms with E-state index in [2.05, 4.69) is 20.4 Å². The summed E-state index contributed by atoms with van der Waals surface area (Å²) in [5.41, 5.74) is 1.36. The molecular weight excluding hydrogens is 234 g/mol. The van der Waals surface area contributed by atoms with Gasteiger partial charge in [-0.2, -0.15) is 10.1 Å². The van der Waals surface area contributed by atoms with Gasteiger partial charge in [0.2, 0.25) is 0 Å². The van der Waals surface area contributed by atoms with Crippen LogP contribution in [-0.4, -0.2) is 38.9 Å². The fraction of sp³-hybridized carbons (Fsp3) is 0.273. The number of aromatic nitrogens is 4. The lowest BCUT2D eigenvalue weighted by molar-refractivity contribution is 0.0529. The van der Waals surface area contributed by atoms with Gasteiger partial charge in [0.05, 0.1) is 12.7 Å². The number of nitrogens with one attached hydrogen (secondary N) is 1. The van der Waals surface area contributed by atoms with Crippen molar-refractivity contribution in [2.24, 2.45) is 0 Å². The molecule has 92 valence electrons. The number of ether oxygens (including phenoxy) is 1. The molecule has 2 aromatic rings. The highest BCUT2D eigenvalue weighted by Gasteiger charge is 2.19. The summed E-state index contributed by atoms with van der Waals surface area (Å²) in [6.45, 7) is 2.79. The van der Waals surface area contributed by atoms with Crippen molar-refractivity contribution < 1.29 is 9.53 Å². The van der Waals surface area contributed by atoms with Crippen molar-refractivity contribution in [3.05, 3.63) is 29.7 Å². The van der Waals surface area contributed by atoms with E-state index in [1.54, 1.807) is 10.9 Å². The summed E-state index contributed by atoms with van der Waals surface area (Å²) in [7, 11) is 0. The second-order valence-electron chi connectivity index (χ2n) is 3.96. The molecule has 1 aliphatic rings. The first-order chi connectivity index (χ1) is 8.74. The molecule has 1 N–H and O–H groups in total. The fourth-order valence-corrected chi connectivity index (χ4v) is 1.68. The summed E-state index contributed by atoms with van der Waals surface area (Å²) < 4.78 is 6.54. The molecule has 0 radical (unpaired) electrons. The monoisotopic (exact) mass is 245 g/mol. The third kappa shape index (κ3) is 1.79. The average molecular weight is 245 g/mol. The fourth-order valence-electron chi connectivity index (χ4n) is 1.68. The maximum absolute atomic E-state index is 11.6. The molecule has 0 spiro atoms. The first kappa shape index (κ1) is 10.7. The zero-order valence-corrected chi connectivity index (χ0v) is 9.75. The second-order valence-corrected chi connectivity index (χ2v) is 3.96. The van der Waals surface area contributed by atoms with Gasteiger partial charge in [0, 0.05) is 12.4 Å². The van der Waals surface area contributed by atoms with Gasteiger partial charge in [0.15, 0.2) is 0 Å².